The molecule has 0 aliphatic heterocycles. The van der Waals surface area contributed by atoms with E-state index in [1.807, 2.05) is 36.4 Å². The molecule has 0 unspecified atom stereocenters. The van der Waals surface area contributed by atoms with E-state index in [4.69, 9.17) is 0 Å². The first-order valence-corrected chi connectivity index (χ1v) is 8.33. The molecule has 6 N–H and O–H groups in total. The third-order valence-corrected chi connectivity index (χ3v) is 4.38. The van der Waals surface area contributed by atoms with E-state index in [2.05, 4.69) is 18.5 Å². The van der Waals surface area contributed by atoms with Crippen LogP contribution < -0.4 is 5.32 Å². The van der Waals surface area contributed by atoms with Crippen molar-refractivity contribution in [2.45, 2.75) is 0 Å². The number of fused-ring (bicyclic) bond motifs is 1. The van der Waals surface area contributed by atoms with Gasteiger partial charge in [-0.15, -0.1) is 0 Å². The first-order valence-electron chi connectivity index (χ1n) is 8.33. The highest BCUT2D eigenvalue weighted by Crippen LogP contribution is 2.54. The maximum absolute atomic E-state index is 10.1. The van der Waals surface area contributed by atoms with Crippen LogP contribution in [0.25, 0.3) is 16.3 Å². The van der Waals surface area contributed by atoms with Gasteiger partial charge in [0.2, 0.25) is 17.2 Å². The molecule has 0 saturated carbocycles. The molecule has 0 aromatic heterocycles. The van der Waals surface area contributed by atoms with Crippen molar-refractivity contribution in [1.29, 1.82) is 0 Å². The van der Waals surface area contributed by atoms with Crippen LogP contribution >= 0.6 is 0 Å². The summed E-state index contributed by atoms with van der Waals surface area (Å²) in [6.45, 7) is 7.54. The SMILES string of the molecule is C=C/C=C(\C=C)c1ccc(Nc2c(O)c(O)c(O)c(O)c2O)c2ccccc12. The number of hydrogen-bond acceptors (Lipinski definition) is 6. The number of anilines is 2. The molecule has 0 spiro atoms. The Bertz CT molecular complexity index is 1100. The van der Waals surface area contributed by atoms with Crippen molar-refractivity contribution in [3.63, 3.8) is 0 Å². The van der Waals surface area contributed by atoms with E-state index in [9.17, 15) is 25.5 Å². The Labute approximate surface area is 161 Å². The summed E-state index contributed by atoms with van der Waals surface area (Å²) < 4.78 is 0. The number of rotatable bonds is 5. The smallest absolute Gasteiger partial charge is 0.208 e. The topological polar surface area (TPSA) is 113 Å². The summed E-state index contributed by atoms with van der Waals surface area (Å²) in [6.07, 6.45) is 5.20. The number of benzene rings is 3. The Kier molecular flexibility index (Phi) is 4.87. The van der Waals surface area contributed by atoms with Crippen molar-refractivity contribution in [1.82, 2.24) is 0 Å². The predicted octanol–water partition coefficient (Wildman–Crippen LogP) is 4.87. The molecular weight excluding hydrogens is 358 g/mol. The summed E-state index contributed by atoms with van der Waals surface area (Å²) >= 11 is 0. The van der Waals surface area contributed by atoms with Crippen molar-refractivity contribution >= 4 is 27.7 Å². The Hall–Kier alpha value is -4.06. The minimum Gasteiger partial charge on any atom is -0.503 e. The van der Waals surface area contributed by atoms with Crippen LogP contribution in [0.4, 0.5) is 11.4 Å². The van der Waals surface area contributed by atoms with Crippen LogP contribution in [0.15, 0.2) is 67.8 Å². The monoisotopic (exact) mass is 377 g/mol. The number of phenols is 5. The minimum atomic E-state index is -1.01. The fourth-order valence-corrected chi connectivity index (χ4v) is 2.99. The average molecular weight is 377 g/mol. The van der Waals surface area contributed by atoms with Crippen LogP contribution in [-0.2, 0) is 0 Å². The van der Waals surface area contributed by atoms with E-state index in [1.165, 1.54) is 0 Å². The molecule has 0 atom stereocenters. The standard InChI is InChI=1S/C22H19NO5/c1-3-7-12(4-2)13-10-11-16(15-9-6-5-8-14(13)15)23-17-18(24)20(26)22(28)21(27)19(17)25/h3-11,23-28H,1-2H2/b12-7+. The minimum absolute atomic E-state index is 0.337. The fourth-order valence-electron chi connectivity index (χ4n) is 2.99. The van der Waals surface area contributed by atoms with Gasteiger partial charge in [-0.25, -0.2) is 0 Å². The molecule has 0 amide bonds. The fraction of sp³-hybridized carbons (Fsp3) is 0. The molecule has 6 heteroatoms. The Balaban J connectivity index is 2.21. The maximum Gasteiger partial charge on any atom is 0.208 e. The zero-order valence-corrected chi connectivity index (χ0v) is 14.8. The molecule has 142 valence electrons. The summed E-state index contributed by atoms with van der Waals surface area (Å²) in [6, 6.07) is 11.0. The molecule has 0 heterocycles. The number of allylic oxidation sites excluding steroid dienone is 4. The van der Waals surface area contributed by atoms with E-state index >= 15 is 0 Å². The van der Waals surface area contributed by atoms with Gasteiger partial charge in [-0.3, -0.25) is 0 Å². The van der Waals surface area contributed by atoms with E-state index in [1.54, 1.807) is 18.2 Å². The Morgan fingerprint density at radius 2 is 1.32 bits per heavy atom. The lowest BCUT2D eigenvalue weighted by molar-refractivity contribution is 0.330. The molecule has 6 nitrogen and oxygen atoms in total. The van der Waals surface area contributed by atoms with Crippen molar-refractivity contribution in [3.8, 4) is 28.7 Å². The number of hydrogen-bond donors (Lipinski definition) is 6. The van der Waals surface area contributed by atoms with Crippen LogP contribution in [0.3, 0.4) is 0 Å². The van der Waals surface area contributed by atoms with Crippen LogP contribution in [0.5, 0.6) is 28.7 Å². The van der Waals surface area contributed by atoms with E-state index in [0.717, 1.165) is 21.9 Å². The molecular formula is C22H19NO5. The lowest BCUT2D eigenvalue weighted by Gasteiger charge is -2.17. The largest absolute Gasteiger partial charge is 0.503 e. The summed E-state index contributed by atoms with van der Waals surface area (Å²) in [7, 11) is 0. The maximum atomic E-state index is 10.1. The first-order chi connectivity index (χ1) is 13.4. The zero-order valence-electron chi connectivity index (χ0n) is 14.8. The molecule has 0 aliphatic carbocycles. The van der Waals surface area contributed by atoms with Crippen LogP contribution in [0.1, 0.15) is 5.56 Å². The summed E-state index contributed by atoms with van der Waals surface area (Å²) in [5.41, 5.74) is 1.93. The van der Waals surface area contributed by atoms with Gasteiger partial charge in [0, 0.05) is 11.1 Å². The predicted molar refractivity (Wildman–Crippen MR) is 110 cm³/mol. The molecule has 3 rings (SSSR count). The van der Waals surface area contributed by atoms with Crippen LogP contribution in [0, 0.1) is 0 Å². The van der Waals surface area contributed by atoms with Crippen molar-refractivity contribution in [2.75, 3.05) is 5.32 Å². The van der Waals surface area contributed by atoms with Gasteiger partial charge in [-0.1, -0.05) is 61.7 Å². The van der Waals surface area contributed by atoms with Gasteiger partial charge >= 0.3 is 0 Å². The van der Waals surface area contributed by atoms with E-state index in [0.29, 0.717) is 5.69 Å². The van der Waals surface area contributed by atoms with Gasteiger partial charge in [0.15, 0.2) is 11.5 Å². The van der Waals surface area contributed by atoms with Crippen molar-refractivity contribution < 1.29 is 25.5 Å². The lowest BCUT2D eigenvalue weighted by Crippen LogP contribution is -1.95. The van der Waals surface area contributed by atoms with Gasteiger partial charge in [0.25, 0.3) is 0 Å². The molecule has 3 aromatic rings. The van der Waals surface area contributed by atoms with Crippen LogP contribution in [-0.4, -0.2) is 25.5 Å². The molecule has 3 aromatic carbocycles. The Morgan fingerprint density at radius 1 is 0.750 bits per heavy atom. The highest BCUT2D eigenvalue weighted by Gasteiger charge is 2.23. The van der Waals surface area contributed by atoms with Gasteiger partial charge in [-0.05, 0) is 22.6 Å². The number of nitrogens with one attached hydrogen (secondary N) is 1. The zero-order chi connectivity index (χ0) is 20.4. The van der Waals surface area contributed by atoms with E-state index < -0.39 is 28.7 Å². The van der Waals surface area contributed by atoms with Crippen LogP contribution in [0.2, 0.25) is 0 Å². The normalized spacial score (nSPS) is 11.4. The molecule has 0 aliphatic rings. The van der Waals surface area contributed by atoms with Crippen molar-refractivity contribution in [2.24, 2.45) is 0 Å². The number of aromatic hydroxyl groups is 5. The summed E-state index contributed by atoms with van der Waals surface area (Å²) in [4.78, 5) is 0. The second kappa shape index (κ2) is 7.28. The first kappa shape index (κ1) is 18.7. The van der Waals surface area contributed by atoms with Gasteiger partial charge in [0.1, 0.15) is 5.69 Å². The second-order valence-electron chi connectivity index (χ2n) is 6.01. The summed E-state index contributed by atoms with van der Waals surface area (Å²) in [5.74, 6) is -4.48. The highest BCUT2D eigenvalue weighted by molar-refractivity contribution is 6.04. The van der Waals surface area contributed by atoms with Gasteiger partial charge in [-0.2, -0.15) is 0 Å². The van der Waals surface area contributed by atoms with Crippen molar-refractivity contribution in [3.05, 3.63) is 73.3 Å². The average Bonchev–Trinajstić information content (AvgIpc) is 2.72. The molecule has 28 heavy (non-hydrogen) atoms. The Morgan fingerprint density at radius 3 is 1.89 bits per heavy atom. The third kappa shape index (κ3) is 2.97. The molecule has 0 radical (unpaired) electrons. The quantitative estimate of drug-likeness (QED) is 0.215. The van der Waals surface area contributed by atoms with Gasteiger partial charge < -0.3 is 30.8 Å². The highest BCUT2D eigenvalue weighted by atomic mass is 16.4. The second-order valence-corrected chi connectivity index (χ2v) is 6.01. The lowest BCUT2D eigenvalue weighted by atomic mass is 9.96. The van der Waals surface area contributed by atoms with E-state index in [-0.39, 0.29) is 5.69 Å². The molecule has 0 saturated heterocycles. The van der Waals surface area contributed by atoms with Gasteiger partial charge in [0.05, 0.1) is 0 Å². The third-order valence-electron chi connectivity index (χ3n) is 4.38. The summed E-state index contributed by atoms with van der Waals surface area (Å²) in [5, 5.41) is 53.7. The molecule has 0 fully saturated rings. The molecule has 0 bridgehead atoms. The number of phenolic OH excluding ortho intramolecular Hbond substituents is 5.